The topological polar surface area (TPSA) is 20.2 Å². The fraction of sp³-hybridized carbons (Fsp3) is 0.167. The van der Waals surface area contributed by atoms with Crippen LogP contribution in [-0.4, -0.2) is 5.11 Å². The first kappa shape index (κ1) is 13.0. The van der Waals surface area contributed by atoms with E-state index >= 15 is 0 Å². The molecular weight excluding hydrogens is 327 g/mol. The van der Waals surface area contributed by atoms with E-state index in [9.17, 15) is 9.50 Å². The fourth-order valence-electron chi connectivity index (χ4n) is 1.56. The van der Waals surface area contributed by atoms with Crippen molar-refractivity contribution in [2.75, 3.05) is 0 Å². The number of thiophene rings is 1. The largest absolute Gasteiger partial charge is 0.383 e. The minimum atomic E-state index is -0.848. The van der Waals surface area contributed by atoms with Crippen LogP contribution < -0.4 is 0 Å². The molecule has 1 aromatic heterocycles. The van der Waals surface area contributed by atoms with E-state index in [0.29, 0.717) is 15.5 Å². The Morgan fingerprint density at radius 1 is 1.41 bits per heavy atom. The Hall–Kier alpha value is -0.420. The van der Waals surface area contributed by atoms with Crippen molar-refractivity contribution in [3.05, 3.63) is 54.9 Å². The third kappa shape index (κ3) is 2.71. The van der Waals surface area contributed by atoms with Gasteiger partial charge >= 0.3 is 0 Å². The lowest BCUT2D eigenvalue weighted by atomic mass is 10.0. The lowest BCUT2D eigenvalue weighted by molar-refractivity contribution is 0.223. The predicted molar refractivity (Wildman–Crippen MR) is 72.2 cm³/mol. The molecule has 0 saturated carbocycles. The molecule has 2 aromatic rings. The predicted octanol–water partition coefficient (Wildman–Crippen LogP) is 4.69. The fourth-order valence-corrected chi connectivity index (χ4v) is 3.31. The number of aliphatic hydroxyl groups is 1. The minimum absolute atomic E-state index is 0.355. The van der Waals surface area contributed by atoms with Gasteiger partial charge in [-0.15, -0.1) is 11.3 Å². The summed E-state index contributed by atoms with van der Waals surface area (Å²) >= 11 is 10.5. The molecule has 5 heteroatoms. The Morgan fingerprint density at radius 2 is 2.12 bits per heavy atom. The van der Waals surface area contributed by atoms with Crippen LogP contribution >= 0.6 is 38.9 Å². The van der Waals surface area contributed by atoms with Crippen molar-refractivity contribution >= 4 is 38.9 Å². The lowest BCUT2D eigenvalue weighted by Gasteiger charge is -2.12. The Balaban J connectivity index is 2.42. The summed E-state index contributed by atoms with van der Waals surface area (Å²) in [4.78, 5) is 0.690. The van der Waals surface area contributed by atoms with E-state index in [1.54, 1.807) is 12.1 Å². The van der Waals surface area contributed by atoms with Crippen LogP contribution in [0.3, 0.4) is 0 Å². The molecule has 0 bridgehead atoms. The number of rotatable bonds is 2. The zero-order valence-electron chi connectivity index (χ0n) is 8.88. The molecule has 2 rings (SSSR count). The van der Waals surface area contributed by atoms with Crippen LogP contribution in [0.15, 0.2) is 28.1 Å². The van der Waals surface area contributed by atoms with Crippen LogP contribution in [0.4, 0.5) is 4.39 Å². The molecule has 1 atom stereocenters. The Kier molecular flexibility index (Phi) is 3.88. The van der Waals surface area contributed by atoms with Gasteiger partial charge in [0.05, 0.1) is 8.81 Å². The van der Waals surface area contributed by atoms with Gasteiger partial charge < -0.3 is 5.11 Å². The van der Waals surface area contributed by atoms with Gasteiger partial charge in [-0.1, -0.05) is 17.7 Å². The second kappa shape index (κ2) is 5.06. The van der Waals surface area contributed by atoms with Crippen LogP contribution in [0.5, 0.6) is 0 Å². The van der Waals surface area contributed by atoms with E-state index in [-0.39, 0.29) is 5.82 Å². The van der Waals surface area contributed by atoms with Crippen molar-refractivity contribution in [2.24, 2.45) is 0 Å². The SMILES string of the molecule is Cc1ccc(F)cc1C(O)c1cc(Cl)c(Br)s1. The highest BCUT2D eigenvalue weighted by atomic mass is 79.9. The summed E-state index contributed by atoms with van der Waals surface area (Å²) in [7, 11) is 0. The van der Waals surface area contributed by atoms with E-state index in [2.05, 4.69) is 15.9 Å². The zero-order chi connectivity index (χ0) is 12.6. The van der Waals surface area contributed by atoms with E-state index in [1.807, 2.05) is 6.92 Å². The van der Waals surface area contributed by atoms with Crippen LogP contribution in [0, 0.1) is 12.7 Å². The van der Waals surface area contributed by atoms with Gasteiger partial charge in [0.1, 0.15) is 11.9 Å². The molecule has 1 aromatic carbocycles. The molecule has 0 radical (unpaired) electrons. The van der Waals surface area contributed by atoms with Crippen molar-refractivity contribution in [2.45, 2.75) is 13.0 Å². The van der Waals surface area contributed by atoms with Crippen molar-refractivity contribution in [3.63, 3.8) is 0 Å². The maximum atomic E-state index is 13.2. The molecule has 0 amide bonds. The van der Waals surface area contributed by atoms with E-state index in [0.717, 1.165) is 9.35 Å². The van der Waals surface area contributed by atoms with Crippen LogP contribution in [0.1, 0.15) is 22.1 Å². The standard InChI is InChI=1S/C12H9BrClFOS/c1-6-2-3-7(15)4-8(6)11(16)10-5-9(14)12(13)17-10/h2-5,11,16H,1H3. The average Bonchev–Trinajstić information content (AvgIpc) is 2.62. The van der Waals surface area contributed by atoms with Crippen molar-refractivity contribution in [1.82, 2.24) is 0 Å². The maximum Gasteiger partial charge on any atom is 0.123 e. The molecule has 17 heavy (non-hydrogen) atoms. The van der Waals surface area contributed by atoms with Crippen LogP contribution in [0.25, 0.3) is 0 Å². The Labute approximate surface area is 116 Å². The van der Waals surface area contributed by atoms with Gasteiger partial charge in [0.25, 0.3) is 0 Å². The lowest BCUT2D eigenvalue weighted by Crippen LogP contribution is -2.00. The molecule has 0 aliphatic carbocycles. The normalized spacial score (nSPS) is 12.8. The highest BCUT2D eigenvalue weighted by molar-refractivity contribution is 9.11. The van der Waals surface area contributed by atoms with Crippen LogP contribution in [0.2, 0.25) is 5.02 Å². The molecule has 1 nitrogen and oxygen atoms in total. The van der Waals surface area contributed by atoms with Gasteiger partial charge in [-0.2, -0.15) is 0 Å². The summed E-state index contributed by atoms with van der Waals surface area (Å²) in [5, 5.41) is 10.8. The second-order valence-corrected chi connectivity index (χ2v) is 6.48. The van der Waals surface area contributed by atoms with Gasteiger partial charge in [0.15, 0.2) is 0 Å². The minimum Gasteiger partial charge on any atom is -0.383 e. The molecule has 1 N–H and O–H groups in total. The molecule has 0 saturated heterocycles. The van der Waals surface area contributed by atoms with E-state index in [1.165, 1.54) is 23.5 Å². The molecular formula is C12H9BrClFOS. The van der Waals surface area contributed by atoms with Crippen molar-refractivity contribution in [3.8, 4) is 0 Å². The van der Waals surface area contributed by atoms with Gasteiger partial charge in [0.2, 0.25) is 0 Å². The molecule has 0 fully saturated rings. The first-order valence-electron chi connectivity index (χ1n) is 4.88. The number of benzene rings is 1. The third-order valence-corrected chi connectivity index (χ3v) is 5.00. The number of aliphatic hydroxyl groups excluding tert-OH is 1. The summed E-state index contributed by atoms with van der Waals surface area (Å²) < 4.78 is 13.9. The van der Waals surface area contributed by atoms with Crippen molar-refractivity contribution < 1.29 is 9.50 Å². The summed E-state index contributed by atoms with van der Waals surface area (Å²) in [6.07, 6.45) is -0.848. The summed E-state index contributed by atoms with van der Waals surface area (Å²) in [6.45, 7) is 1.84. The second-order valence-electron chi connectivity index (χ2n) is 3.67. The summed E-state index contributed by atoms with van der Waals surface area (Å²) in [5.74, 6) is -0.355. The maximum absolute atomic E-state index is 13.2. The van der Waals surface area contributed by atoms with Crippen molar-refractivity contribution in [1.29, 1.82) is 0 Å². The van der Waals surface area contributed by atoms with Gasteiger partial charge in [0, 0.05) is 4.88 Å². The van der Waals surface area contributed by atoms with Gasteiger partial charge in [-0.3, -0.25) is 0 Å². The van der Waals surface area contributed by atoms with Gasteiger partial charge in [-0.05, 0) is 52.2 Å². The number of hydrogen-bond donors (Lipinski definition) is 1. The number of aryl methyl sites for hydroxylation is 1. The smallest absolute Gasteiger partial charge is 0.123 e. The Bertz CT molecular complexity index is 536. The van der Waals surface area contributed by atoms with Gasteiger partial charge in [-0.25, -0.2) is 4.39 Å². The summed E-state index contributed by atoms with van der Waals surface area (Å²) in [5.41, 5.74) is 1.41. The highest BCUT2D eigenvalue weighted by Crippen LogP contribution is 2.38. The quantitative estimate of drug-likeness (QED) is 0.844. The number of halogens is 3. The molecule has 0 spiro atoms. The van der Waals surface area contributed by atoms with Crippen LogP contribution in [-0.2, 0) is 0 Å². The first-order valence-corrected chi connectivity index (χ1v) is 6.86. The molecule has 90 valence electrons. The number of hydrogen-bond acceptors (Lipinski definition) is 2. The molecule has 0 aliphatic rings. The first-order chi connectivity index (χ1) is 7.99. The molecule has 0 aliphatic heterocycles. The zero-order valence-corrected chi connectivity index (χ0v) is 12.0. The molecule has 1 unspecified atom stereocenters. The third-order valence-electron chi connectivity index (χ3n) is 2.47. The van der Waals surface area contributed by atoms with E-state index < -0.39 is 6.10 Å². The Morgan fingerprint density at radius 3 is 2.71 bits per heavy atom. The average molecular weight is 336 g/mol. The molecule has 1 heterocycles. The summed E-state index contributed by atoms with van der Waals surface area (Å²) in [6, 6.07) is 6.06. The highest BCUT2D eigenvalue weighted by Gasteiger charge is 2.17. The van der Waals surface area contributed by atoms with E-state index in [4.69, 9.17) is 11.6 Å². The monoisotopic (exact) mass is 334 g/mol.